The van der Waals surface area contributed by atoms with Crippen LogP contribution < -0.4 is 5.32 Å². The van der Waals surface area contributed by atoms with E-state index < -0.39 is 28.6 Å². The Morgan fingerprint density at radius 3 is 2.50 bits per heavy atom. The van der Waals surface area contributed by atoms with Crippen LogP contribution in [0.15, 0.2) is 30.3 Å². The topological polar surface area (TPSA) is 114 Å². The number of nitrogens with one attached hydrogen (secondary N) is 2. The van der Waals surface area contributed by atoms with Crippen molar-refractivity contribution in [3.05, 3.63) is 69.5 Å². The van der Waals surface area contributed by atoms with Gasteiger partial charge in [0.05, 0.1) is 21.7 Å². The molecule has 1 aliphatic heterocycles. The van der Waals surface area contributed by atoms with Crippen molar-refractivity contribution in [2.24, 2.45) is 5.41 Å². The second kappa shape index (κ2) is 10.2. The Balaban J connectivity index is 1.40. The Morgan fingerprint density at radius 2 is 1.89 bits per heavy atom. The van der Waals surface area contributed by atoms with Crippen LogP contribution >= 0.6 is 11.6 Å². The van der Waals surface area contributed by atoms with Gasteiger partial charge in [-0.25, -0.2) is 13.8 Å². The third kappa shape index (κ3) is 5.12. The van der Waals surface area contributed by atoms with Crippen molar-refractivity contribution in [1.82, 2.24) is 20.1 Å². The third-order valence-corrected chi connectivity index (χ3v) is 8.16. The van der Waals surface area contributed by atoms with Crippen molar-refractivity contribution in [3.8, 4) is 0 Å². The minimum Gasteiger partial charge on any atom is -0.481 e. The van der Waals surface area contributed by atoms with Crippen molar-refractivity contribution in [1.29, 1.82) is 0 Å². The Morgan fingerprint density at radius 1 is 1.16 bits per heavy atom. The van der Waals surface area contributed by atoms with Crippen molar-refractivity contribution < 1.29 is 23.8 Å². The number of rotatable bonds is 8. The number of carboxylic acids is 1. The highest BCUT2D eigenvalue weighted by molar-refractivity contribution is 6.30. The Kier molecular flexibility index (Phi) is 7.15. The Bertz CT molecular complexity index is 1350. The fourth-order valence-corrected chi connectivity index (χ4v) is 5.53. The molecule has 0 unspecified atom stereocenters. The summed E-state index contributed by atoms with van der Waals surface area (Å²) in [6, 6.07) is 8.07. The van der Waals surface area contributed by atoms with Crippen LogP contribution in [0.5, 0.6) is 0 Å². The first kappa shape index (κ1) is 26.5. The van der Waals surface area contributed by atoms with Crippen LogP contribution in [-0.4, -0.2) is 49.4 Å². The lowest BCUT2D eigenvalue weighted by Crippen LogP contribution is -2.46. The van der Waals surface area contributed by atoms with Crippen LogP contribution in [0.3, 0.4) is 0 Å². The van der Waals surface area contributed by atoms with E-state index >= 15 is 4.39 Å². The van der Waals surface area contributed by atoms with Crippen LogP contribution in [-0.2, 0) is 23.4 Å². The van der Waals surface area contributed by atoms with Gasteiger partial charge in [-0.15, -0.1) is 0 Å². The molecule has 0 amide bonds. The molecule has 2 fully saturated rings. The van der Waals surface area contributed by atoms with Gasteiger partial charge in [0.2, 0.25) is 0 Å². The van der Waals surface area contributed by atoms with Gasteiger partial charge in [0.15, 0.2) is 11.6 Å². The number of carboxylic acid groups (broad SMARTS) is 1. The number of aryl methyl sites for hydroxylation is 1. The molecule has 11 heteroatoms. The zero-order valence-corrected chi connectivity index (χ0v) is 21.8. The summed E-state index contributed by atoms with van der Waals surface area (Å²) in [5.41, 5.74) is -1.17. The molecule has 1 saturated heterocycles. The number of H-pyrrole nitrogens is 1. The summed E-state index contributed by atoms with van der Waals surface area (Å²) >= 11 is 5.91. The number of pyridine rings is 1. The molecule has 0 atom stereocenters. The molecule has 38 heavy (non-hydrogen) atoms. The summed E-state index contributed by atoms with van der Waals surface area (Å²) in [4.78, 5) is 19.0. The zero-order valence-electron chi connectivity index (χ0n) is 21.0. The largest absolute Gasteiger partial charge is 0.481 e. The SMILES string of the molecule is Cc1cc(Nc2cc(C3(O)CCC3)c(F)c(CC3(C(=O)O)CCN(Cc4cccc(Cl)c4F)CC3)n2)n[nH]1. The second-order valence-electron chi connectivity index (χ2n) is 10.5. The number of likely N-dealkylation sites (tertiary alicyclic amines) is 1. The highest BCUT2D eigenvalue weighted by Gasteiger charge is 2.45. The van der Waals surface area contributed by atoms with Crippen molar-refractivity contribution >= 4 is 29.2 Å². The summed E-state index contributed by atoms with van der Waals surface area (Å²) < 4.78 is 30.2. The minimum atomic E-state index is -1.31. The molecule has 1 aliphatic carbocycles. The quantitative estimate of drug-likeness (QED) is 0.312. The average molecular weight is 546 g/mol. The van der Waals surface area contributed by atoms with E-state index in [2.05, 4.69) is 20.5 Å². The maximum absolute atomic E-state index is 15.8. The van der Waals surface area contributed by atoms with Gasteiger partial charge >= 0.3 is 5.97 Å². The molecular weight excluding hydrogens is 516 g/mol. The summed E-state index contributed by atoms with van der Waals surface area (Å²) in [6.45, 7) is 2.92. The normalized spacial score (nSPS) is 18.7. The van der Waals surface area contributed by atoms with Crippen LogP contribution in [0.25, 0.3) is 0 Å². The molecule has 8 nitrogen and oxygen atoms in total. The molecular formula is C27H30ClF2N5O3. The number of aromatic nitrogens is 3. The molecule has 0 bridgehead atoms. The molecule has 1 aromatic carbocycles. The number of aliphatic hydroxyl groups is 1. The number of anilines is 2. The van der Waals surface area contributed by atoms with Gasteiger partial charge in [0, 0.05) is 35.9 Å². The number of hydrogen-bond donors (Lipinski definition) is 4. The number of aliphatic carboxylic acids is 1. The summed E-state index contributed by atoms with van der Waals surface area (Å²) in [5.74, 6) is -1.41. The van der Waals surface area contributed by atoms with Gasteiger partial charge in [-0.05, 0) is 64.3 Å². The van der Waals surface area contributed by atoms with Crippen LogP contribution in [0.4, 0.5) is 20.4 Å². The molecule has 1 saturated carbocycles. The van der Waals surface area contributed by atoms with E-state index in [1.165, 1.54) is 12.1 Å². The van der Waals surface area contributed by atoms with Gasteiger partial charge in [-0.2, -0.15) is 5.10 Å². The number of piperidine rings is 1. The van der Waals surface area contributed by atoms with E-state index in [4.69, 9.17) is 11.6 Å². The van der Waals surface area contributed by atoms with Crippen LogP contribution in [0.1, 0.15) is 54.6 Å². The minimum absolute atomic E-state index is 0.00526. The Labute approximate surface area is 224 Å². The predicted octanol–water partition coefficient (Wildman–Crippen LogP) is 5.07. The smallest absolute Gasteiger partial charge is 0.310 e. The van der Waals surface area contributed by atoms with Gasteiger partial charge in [-0.3, -0.25) is 14.8 Å². The van der Waals surface area contributed by atoms with E-state index in [1.807, 2.05) is 11.8 Å². The molecule has 0 spiro atoms. The molecule has 0 radical (unpaired) electrons. The maximum atomic E-state index is 15.8. The lowest BCUT2D eigenvalue weighted by molar-refractivity contribution is -0.152. The van der Waals surface area contributed by atoms with Gasteiger partial charge < -0.3 is 15.5 Å². The van der Waals surface area contributed by atoms with Gasteiger partial charge in [-0.1, -0.05) is 23.7 Å². The van der Waals surface area contributed by atoms with Crippen LogP contribution in [0, 0.1) is 24.0 Å². The first-order valence-corrected chi connectivity index (χ1v) is 13.1. The fourth-order valence-electron chi connectivity index (χ4n) is 5.33. The molecule has 3 heterocycles. The maximum Gasteiger partial charge on any atom is 0.310 e. The molecule has 202 valence electrons. The van der Waals surface area contributed by atoms with E-state index in [1.54, 1.807) is 18.2 Å². The molecule has 5 rings (SSSR count). The van der Waals surface area contributed by atoms with E-state index in [0.717, 1.165) is 12.1 Å². The number of hydrogen-bond acceptors (Lipinski definition) is 6. The summed E-state index contributed by atoms with van der Waals surface area (Å²) in [6.07, 6.45) is 1.96. The van der Waals surface area contributed by atoms with Gasteiger partial charge in [0.25, 0.3) is 0 Å². The number of nitrogens with zero attached hydrogens (tertiary/aromatic N) is 3. The highest BCUT2D eigenvalue weighted by atomic mass is 35.5. The van der Waals surface area contributed by atoms with Crippen molar-refractivity contribution in [3.63, 3.8) is 0 Å². The van der Waals surface area contributed by atoms with E-state index in [0.29, 0.717) is 43.9 Å². The summed E-state index contributed by atoms with van der Waals surface area (Å²) in [7, 11) is 0. The standard InChI is InChI=1S/C27H30ClF2N5O3/c1-16-12-22(34-33-16)32-21-13-18(27(38)6-3-7-27)24(30)20(31-21)14-26(25(36)37)8-10-35(11-9-26)15-17-4-2-5-19(28)23(17)29/h2,4-5,12-13,38H,3,6-11,14-15H2,1H3,(H,36,37)(H2,31,32,33,34). The lowest BCUT2D eigenvalue weighted by Gasteiger charge is -2.40. The second-order valence-corrected chi connectivity index (χ2v) is 10.9. The van der Waals surface area contributed by atoms with E-state index in [9.17, 15) is 19.4 Å². The third-order valence-electron chi connectivity index (χ3n) is 7.87. The lowest BCUT2D eigenvalue weighted by atomic mass is 9.72. The first-order valence-electron chi connectivity index (χ1n) is 12.7. The van der Waals surface area contributed by atoms with Crippen LogP contribution in [0.2, 0.25) is 5.02 Å². The first-order chi connectivity index (χ1) is 18.1. The number of benzene rings is 1. The number of halogens is 3. The highest BCUT2D eigenvalue weighted by Crippen LogP contribution is 2.44. The molecule has 3 aromatic rings. The summed E-state index contributed by atoms with van der Waals surface area (Å²) in [5, 5.41) is 31.3. The van der Waals surface area contributed by atoms with Crippen molar-refractivity contribution in [2.75, 3.05) is 18.4 Å². The molecule has 2 aliphatic rings. The van der Waals surface area contributed by atoms with E-state index in [-0.39, 0.29) is 41.4 Å². The molecule has 4 N–H and O–H groups in total. The number of aromatic amines is 1. The monoisotopic (exact) mass is 545 g/mol. The molecule has 2 aromatic heterocycles. The van der Waals surface area contributed by atoms with Crippen molar-refractivity contribution in [2.45, 2.75) is 57.6 Å². The van der Waals surface area contributed by atoms with Gasteiger partial charge in [0.1, 0.15) is 11.6 Å². The fraction of sp³-hybridized carbons (Fsp3) is 0.444. The predicted molar refractivity (Wildman–Crippen MR) is 138 cm³/mol. The Hall–Kier alpha value is -3.08. The zero-order chi connectivity index (χ0) is 27.1. The number of carbonyl (C=O) groups is 1. The average Bonchev–Trinajstić information content (AvgIpc) is 3.27.